The molecule has 2 rings (SSSR count). The number of anilines is 1. The highest BCUT2D eigenvalue weighted by molar-refractivity contribution is 9.10. The summed E-state index contributed by atoms with van der Waals surface area (Å²) in [5.74, 6) is 1.04. The average Bonchev–Trinajstić information content (AvgIpc) is 2.30. The maximum absolute atomic E-state index is 11.2. The third-order valence-corrected chi connectivity index (χ3v) is 3.23. The van der Waals surface area contributed by atoms with E-state index in [0.717, 1.165) is 36.5 Å². The molecule has 1 amide bonds. The van der Waals surface area contributed by atoms with Crippen molar-refractivity contribution in [3.63, 3.8) is 0 Å². The highest BCUT2D eigenvalue weighted by Gasteiger charge is 2.20. The van der Waals surface area contributed by atoms with Crippen LogP contribution < -0.4 is 4.90 Å². The Kier molecular flexibility index (Phi) is 3.38. The summed E-state index contributed by atoms with van der Waals surface area (Å²) in [7, 11) is 0. The number of amides is 1. The molecule has 1 aromatic rings. The predicted octanol–water partition coefficient (Wildman–Crippen LogP) is 0.908. The summed E-state index contributed by atoms with van der Waals surface area (Å²) in [6.45, 7) is 4.75. The Labute approximate surface area is 103 Å². The fraction of sp³-hybridized carbons (Fsp3) is 0.500. The van der Waals surface area contributed by atoms with Gasteiger partial charge in [0.2, 0.25) is 5.91 Å². The molecular weight excluding hydrogens is 272 g/mol. The summed E-state index contributed by atoms with van der Waals surface area (Å²) in [5, 5.41) is 0. The Morgan fingerprint density at radius 3 is 2.62 bits per heavy atom. The number of piperazine rings is 1. The van der Waals surface area contributed by atoms with Gasteiger partial charge in [0, 0.05) is 39.3 Å². The molecule has 5 nitrogen and oxygen atoms in total. The second-order valence-corrected chi connectivity index (χ2v) is 4.54. The Morgan fingerprint density at radius 1 is 1.38 bits per heavy atom. The molecule has 1 fully saturated rings. The van der Waals surface area contributed by atoms with Gasteiger partial charge in [0.25, 0.3) is 0 Å². The van der Waals surface area contributed by atoms with Gasteiger partial charge < -0.3 is 9.80 Å². The zero-order valence-electron chi connectivity index (χ0n) is 9.06. The van der Waals surface area contributed by atoms with Gasteiger partial charge in [0.1, 0.15) is 12.1 Å². The Bertz CT molecular complexity index is 390. The van der Waals surface area contributed by atoms with E-state index in [1.807, 2.05) is 4.90 Å². The first-order chi connectivity index (χ1) is 7.68. The van der Waals surface area contributed by atoms with Gasteiger partial charge in [0.05, 0.1) is 4.47 Å². The first kappa shape index (κ1) is 11.3. The van der Waals surface area contributed by atoms with Crippen molar-refractivity contribution in [2.24, 2.45) is 0 Å². The smallest absolute Gasteiger partial charge is 0.219 e. The zero-order valence-corrected chi connectivity index (χ0v) is 10.6. The third kappa shape index (κ3) is 2.32. The maximum atomic E-state index is 11.2. The van der Waals surface area contributed by atoms with Crippen LogP contribution in [0, 0.1) is 0 Å². The molecule has 0 saturated carbocycles. The molecule has 1 aliphatic heterocycles. The minimum atomic E-state index is 0.140. The van der Waals surface area contributed by atoms with Crippen LogP contribution in [0.3, 0.4) is 0 Å². The van der Waals surface area contributed by atoms with Gasteiger partial charge in [-0.3, -0.25) is 4.79 Å². The van der Waals surface area contributed by atoms with E-state index in [9.17, 15) is 4.79 Å². The monoisotopic (exact) mass is 284 g/mol. The molecule has 16 heavy (non-hydrogen) atoms. The van der Waals surface area contributed by atoms with Gasteiger partial charge in [0.15, 0.2) is 0 Å². The lowest BCUT2D eigenvalue weighted by atomic mass is 10.3. The van der Waals surface area contributed by atoms with E-state index in [4.69, 9.17) is 0 Å². The summed E-state index contributed by atoms with van der Waals surface area (Å²) in [5.41, 5.74) is 0. The fourth-order valence-corrected chi connectivity index (χ4v) is 2.24. The lowest BCUT2D eigenvalue weighted by Crippen LogP contribution is -2.48. The van der Waals surface area contributed by atoms with Gasteiger partial charge in [-0.2, -0.15) is 0 Å². The van der Waals surface area contributed by atoms with Crippen LogP contribution in [0.1, 0.15) is 6.92 Å². The summed E-state index contributed by atoms with van der Waals surface area (Å²) in [6, 6.07) is 0. The van der Waals surface area contributed by atoms with Gasteiger partial charge in [-0.05, 0) is 15.9 Å². The number of halogens is 1. The summed E-state index contributed by atoms with van der Waals surface area (Å²) in [4.78, 5) is 23.4. The highest BCUT2D eigenvalue weighted by atomic mass is 79.9. The number of hydrogen-bond donors (Lipinski definition) is 0. The van der Waals surface area contributed by atoms with E-state index in [2.05, 4.69) is 30.8 Å². The van der Waals surface area contributed by atoms with Crippen LogP contribution in [0.2, 0.25) is 0 Å². The summed E-state index contributed by atoms with van der Waals surface area (Å²) < 4.78 is 0.895. The first-order valence-electron chi connectivity index (χ1n) is 5.14. The fourth-order valence-electron chi connectivity index (χ4n) is 1.77. The van der Waals surface area contributed by atoms with Gasteiger partial charge in [-0.25, -0.2) is 9.97 Å². The first-order valence-corrected chi connectivity index (χ1v) is 5.94. The normalized spacial score (nSPS) is 16.4. The van der Waals surface area contributed by atoms with E-state index < -0.39 is 0 Å². The molecule has 0 aliphatic carbocycles. The van der Waals surface area contributed by atoms with Crippen molar-refractivity contribution in [2.45, 2.75) is 6.92 Å². The second-order valence-electron chi connectivity index (χ2n) is 3.69. The van der Waals surface area contributed by atoms with Crippen molar-refractivity contribution >= 4 is 27.7 Å². The standard InChI is InChI=1S/C10H13BrN4O/c1-8(16)14-2-4-15(5-3-14)10-9(11)6-12-7-13-10/h6-7H,2-5H2,1H3. The molecule has 0 N–H and O–H groups in total. The topological polar surface area (TPSA) is 49.3 Å². The number of rotatable bonds is 1. The maximum Gasteiger partial charge on any atom is 0.219 e. The number of nitrogens with zero attached hydrogens (tertiary/aromatic N) is 4. The van der Waals surface area contributed by atoms with Gasteiger partial charge in [-0.15, -0.1) is 0 Å². The lowest BCUT2D eigenvalue weighted by Gasteiger charge is -2.35. The minimum Gasteiger partial charge on any atom is -0.352 e. The molecule has 86 valence electrons. The van der Waals surface area contributed by atoms with Crippen LogP contribution in [-0.2, 0) is 4.79 Å². The van der Waals surface area contributed by atoms with Crippen molar-refractivity contribution in [3.05, 3.63) is 17.0 Å². The SMILES string of the molecule is CC(=O)N1CCN(c2ncncc2Br)CC1. The molecule has 1 saturated heterocycles. The molecule has 6 heteroatoms. The molecule has 0 spiro atoms. The molecular formula is C10H13BrN4O. The van der Waals surface area contributed by atoms with Crippen molar-refractivity contribution in [1.82, 2.24) is 14.9 Å². The minimum absolute atomic E-state index is 0.140. The Balaban J connectivity index is 2.05. The van der Waals surface area contributed by atoms with Crippen molar-refractivity contribution in [3.8, 4) is 0 Å². The van der Waals surface area contributed by atoms with E-state index in [1.165, 1.54) is 6.33 Å². The van der Waals surface area contributed by atoms with Crippen molar-refractivity contribution in [2.75, 3.05) is 31.1 Å². The lowest BCUT2D eigenvalue weighted by molar-refractivity contribution is -0.129. The van der Waals surface area contributed by atoms with Crippen molar-refractivity contribution < 1.29 is 4.79 Å². The highest BCUT2D eigenvalue weighted by Crippen LogP contribution is 2.22. The summed E-state index contributed by atoms with van der Waals surface area (Å²) in [6.07, 6.45) is 3.27. The number of hydrogen-bond acceptors (Lipinski definition) is 4. The average molecular weight is 285 g/mol. The summed E-state index contributed by atoms with van der Waals surface area (Å²) >= 11 is 3.43. The second kappa shape index (κ2) is 4.78. The number of carbonyl (C=O) groups excluding carboxylic acids is 1. The van der Waals surface area contributed by atoms with Crippen LogP contribution >= 0.6 is 15.9 Å². The Hall–Kier alpha value is -1.17. The number of aromatic nitrogens is 2. The molecule has 1 aromatic heterocycles. The molecule has 0 bridgehead atoms. The van der Waals surface area contributed by atoms with Crippen LogP contribution in [-0.4, -0.2) is 47.0 Å². The molecule has 0 aromatic carbocycles. The largest absolute Gasteiger partial charge is 0.352 e. The van der Waals surface area contributed by atoms with E-state index in [1.54, 1.807) is 13.1 Å². The van der Waals surface area contributed by atoms with Crippen LogP contribution in [0.5, 0.6) is 0 Å². The molecule has 1 aliphatic rings. The molecule has 0 radical (unpaired) electrons. The van der Waals surface area contributed by atoms with Gasteiger partial charge in [-0.1, -0.05) is 0 Å². The van der Waals surface area contributed by atoms with Crippen LogP contribution in [0.4, 0.5) is 5.82 Å². The van der Waals surface area contributed by atoms with E-state index in [0.29, 0.717) is 0 Å². The van der Waals surface area contributed by atoms with Crippen LogP contribution in [0.15, 0.2) is 17.0 Å². The predicted molar refractivity (Wildman–Crippen MR) is 64.2 cm³/mol. The van der Waals surface area contributed by atoms with E-state index >= 15 is 0 Å². The Morgan fingerprint density at radius 2 is 2.06 bits per heavy atom. The third-order valence-electron chi connectivity index (χ3n) is 2.67. The van der Waals surface area contributed by atoms with Crippen LogP contribution in [0.25, 0.3) is 0 Å². The number of carbonyl (C=O) groups is 1. The van der Waals surface area contributed by atoms with E-state index in [-0.39, 0.29) is 5.91 Å². The zero-order chi connectivity index (χ0) is 11.5. The molecule has 2 heterocycles. The molecule has 0 atom stereocenters. The quantitative estimate of drug-likeness (QED) is 0.769. The van der Waals surface area contributed by atoms with Gasteiger partial charge >= 0.3 is 0 Å². The van der Waals surface area contributed by atoms with Crippen molar-refractivity contribution in [1.29, 1.82) is 0 Å². The molecule has 0 unspecified atom stereocenters.